The van der Waals surface area contributed by atoms with Crippen LogP contribution >= 0.6 is 0 Å². The molecule has 1 saturated carbocycles. The number of imide groups is 1. The molecule has 2 aliphatic heterocycles. The molecule has 2 heterocycles. The maximum absolute atomic E-state index is 13.3. The van der Waals surface area contributed by atoms with Crippen LogP contribution in [0.4, 0.5) is 9.18 Å². The molecule has 1 aliphatic carbocycles. The first-order chi connectivity index (χ1) is 11.0. The summed E-state index contributed by atoms with van der Waals surface area (Å²) in [6.45, 7) is 0.648. The van der Waals surface area contributed by atoms with E-state index in [4.69, 9.17) is 0 Å². The molecule has 1 spiro atoms. The zero-order valence-electron chi connectivity index (χ0n) is 12.3. The van der Waals surface area contributed by atoms with Gasteiger partial charge in [0.05, 0.1) is 6.54 Å². The molecule has 0 unspecified atom stereocenters. The van der Waals surface area contributed by atoms with E-state index in [9.17, 15) is 18.8 Å². The lowest BCUT2D eigenvalue weighted by Gasteiger charge is -2.21. The lowest BCUT2D eigenvalue weighted by molar-refractivity contribution is -0.132. The Morgan fingerprint density at radius 2 is 2.17 bits per heavy atom. The molecule has 1 aromatic carbocycles. The number of halogens is 1. The Labute approximate surface area is 132 Å². The fourth-order valence-corrected chi connectivity index (χ4v) is 3.62. The van der Waals surface area contributed by atoms with Crippen molar-refractivity contribution in [2.45, 2.75) is 24.3 Å². The number of likely N-dealkylation sites (tertiary alicyclic amines) is 1. The molecule has 3 atom stereocenters. The van der Waals surface area contributed by atoms with E-state index in [1.165, 1.54) is 12.1 Å². The van der Waals surface area contributed by atoms with Gasteiger partial charge < -0.3 is 10.2 Å². The highest BCUT2D eigenvalue weighted by Crippen LogP contribution is 2.49. The first-order valence-electron chi connectivity index (χ1n) is 7.66. The highest BCUT2D eigenvalue weighted by atomic mass is 19.1. The number of hydrogen-bond donors (Lipinski definition) is 2. The SMILES string of the molecule is O=C1NC(=O)[C@]2(CCN(C(=O)[C@@H]3C[C@H]3c3cccc(F)c3)C2)N1. The minimum Gasteiger partial charge on any atom is -0.339 e. The van der Waals surface area contributed by atoms with Gasteiger partial charge in [-0.3, -0.25) is 14.9 Å². The van der Waals surface area contributed by atoms with Crippen LogP contribution in [-0.2, 0) is 9.59 Å². The van der Waals surface area contributed by atoms with E-state index in [0.717, 1.165) is 5.56 Å². The van der Waals surface area contributed by atoms with Crippen LogP contribution in [0, 0.1) is 11.7 Å². The van der Waals surface area contributed by atoms with E-state index in [0.29, 0.717) is 19.4 Å². The van der Waals surface area contributed by atoms with Crippen molar-refractivity contribution in [2.24, 2.45) is 5.92 Å². The fraction of sp³-hybridized carbons (Fsp3) is 0.438. The molecule has 3 aliphatic rings. The lowest BCUT2D eigenvalue weighted by atomic mass is 9.99. The van der Waals surface area contributed by atoms with Crippen LogP contribution in [0.15, 0.2) is 24.3 Å². The maximum atomic E-state index is 13.3. The van der Waals surface area contributed by atoms with Crippen molar-refractivity contribution in [3.63, 3.8) is 0 Å². The topological polar surface area (TPSA) is 78.5 Å². The fourth-order valence-electron chi connectivity index (χ4n) is 3.62. The van der Waals surface area contributed by atoms with Gasteiger partial charge in [0.1, 0.15) is 11.4 Å². The number of urea groups is 1. The molecule has 120 valence electrons. The standard InChI is InChI=1S/C16H16FN3O3/c17-10-3-1-2-9(6-10)11-7-12(11)13(21)20-5-4-16(8-20)14(22)18-15(23)19-16/h1-3,6,11-12H,4-5,7-8H2,(H2,18,19,22,23)/t11-,12+,16+/m0/s1. The third-order valence-electron chi connectivity index (χ3n) is 4.98. The Morgan fingerprint density at radius 3 is 2.87 bits per heavy atom. The van der Waals surface area contributed by atoms with E-state index in [1.807, 2.05) is 6.07 Å². The summed E-state index contributed by atoms with van der Waals surface area (Å²) in [4.78, 5) is 37.5. The first kappa shape index (κ1) is 14.2. The van der Waals surface area contributed by atoms with Gasteiger partial charge in [0.25, 0.3) is 5.91 Å². The number of carbonyl (C=O) groups is 3. The van der Waals surface area contributed by atoms with Crippen molar-refractivity contribution in [2.75, 3.05) is 13.1 Å². The molecule has 0 aromatic heterocycles. The second-order valence-corrected chi connectivity index (χ2v) is 6.50. The molecule has 23 heavy (non-hydrogen) atoms. The highest BCUT2D eigenvalue weighted by Gasteiger charge is 2.54. The summed E-state index contributed by atoms with van der Waals surface area (Å²) >= 11 is 0. The minimum atomic E-state index is -0.976. The van der Waals surface area contributed by atoms with Crippen LogP contribution < -0.4 is 10.6 Å². The van der Waals surface area contributed by atoms with Crippen molar-refractivity contribution in [3.05, 3.63) is 35.6 Å². The van der Waals surface area contributed by atoms with Crippen molar-refractivity contribution in [1.82, 2.24) is 15.5 Å². The molecule has 7 heteroatoms. The quantitative estimate of drug-likeness (QED) is 0.790. The van der Waals surface area contributed by atoms with E-state index in [-0.39, 0.29) is 36.0 Å². The monoisotopic (exact) mass is 317 g/mol. The van der Waals surface area contributed by atoms with Gasteiger partial charge in [-0.15, -0.1) is 0 Å². The molecule has 0 radical (unpaired) electrons. The second-order valence-electron chi connectivity index (χ2n) is 6.50. The van der Waals surface area contributed by atoms with Crippen LogP contribution in [-0.4, -0.2) is 41.4 Å². The Morgan fingerprint density at radius 1 is 1.35 bits per heavy atom. The Hall–Kier alpha value is -2.44. The smallest absolute Gasteiger partial charge is 0.322 e. The van der Waals surface area contributed by atoms with Gasteiger partial charge in [0.2, 0.25) is 5.91 Å². The number of hydrogen-bond acceptors (Lipinski definition) is 3. The summed E-state index contributed by atoms with van der Waals surface area (Å²) < 4.78 is 13.3. The molecule has 1 aromatic rings. The van der Waals surface area contributed by atoms with E-state index < -0.39 is 11.6 Å². The predicted octanol–water partition coefficient (Wildman–Crippen LogP) is 0.740. The van der Waals surface area contributed by atoms with Crippen LogP contribution in [0.1, 0.15) is 24.3 Å². The summed E-state index contributed by atoms with van der Waals surface area (Å²) in [5.41, 5.74) is -0.139. The summed E-state index contributed by atoms with van der Waals surface area (Å²) in [6.07, 6.45) is 1.12. The van der Waals surface area contributed by atoms with Gasteiger partial charge in [-0.25, -0.2) is 9.18 Å². The van der Waals surface area contributed by atoms with Gasteiger partial charge in [0.15, 0.2) is 0 Å². The van der Waals surface area contributed by atoms with Crippen molar-refractivity contribution in [1.29, 1.82) is 0 Å². The van der Waals surface area contributed by atoms with Gasteiger partial charge in [-0.1, -0.05) is 12.1 Å². The van der Waals surface area contributed by atoms with Gasteiger partial charge in [-0.2, -0.15) is 0 Å². The Balaban J connectivity index is 1.44. The normalized spacial score (nSPS) is 32.1. The predicted molar refractivity (Wildman–Crippen MR) is 77.9 cm³/mol. The van der Waals surface area contributed by atoms with Crippen LogP contribution in [0.25, 0.3) is 0 Å². The first-order valence-corrected chi connectivity index (χ1v) is 7.66. The zero-order chi connectivity index (χ0) is 16.2. The summed E-state index contributed by atoms with van der Waals surface area (Å²) in [7, 11) is 0. The number of rotatable bonds is 2. The highest BCUT2D eigenvalue weighted by molar-refractivity contribution is 6.07. The van der Waals surface area contributed by atoms with Crippen molar-refractivity contribution < 1.29 is 18.8 Å². The largest absolute Gasteiger partial charge is 0.339 e. The van der Waals surface area contributed by atoms with E-state index in [2.05, 4.69) is 10.6 Å². The summed E-state index contributed by atoms with van der Waals surface area (Å²) in [6, 6.07) is 5.82. The molecule has 4 rings (SSSR count). The van der Waals surface area contributed by atoms with Crippen molar-refractivity contribution in [3.8, 4) is 0 Å². The third-order valence-corrected chi connectivity index (χ3v) is 4.98. The van der Waals surface area contributed by atoms with Gasteiger partial charge in [0, 0.05) is 12.5 Å². The van der Waals surface area contributed by atoms with Gasteiger partial charge in [-0.05, 0) is 36.5 Å². The van der Waals surface area contributed by atoms with Crippen LogP contribution in [0.2, 0.25) is 0 Å². The number of nitrogens with zero attached hydrogens (tertiary/aromatic N) is 1. The summed E-state index contributed by atoms with van der Waals surface area (Å²) in [5.74, 6) is -0.805. The summed E-state index contributed by atoms with van der Waals surface area (Å²) in [5, 5.41) is 4.86. The maximum Gasteiger partial charge on any atom is 0.322 e. The number of carbonyl (C=O) groups excluding carboxylic acids is 3. The molecule has 0 bridgehead atoms. The van der Waals surface area contributed by atoms with E-state index >= 15 is 0 Å². The number of benzene rings is 1. The number of amides is 4. The average Bonchev–Trinajstić information content (AvgIpc) is 3.12. The molecule has 3 fully saturated rings. The number of nitrogens with one attached hydrogen (secondary N) is 2. The zero-order valence-corrected chi connectivity index (χ0v) is 12.3. The molecule has 2 N–H and O–H groups in total. The Bertz CT molecular complexity index is 722. The third kappa shape index (κ3) is 2.27. The molecular formula is C16H16FN3O3. The Kier molecular flexibility index (Phi) is 2.94. The minimum absolute atomic E-state index is 0.0231. The van der Waals surface area contributed by atoms with Crippen LogP contribution in [0.3, 0.4) is 0 Å². The molecule has 2 saturated heterocycles. The second kappa shape index (κ2) is 4.78. The van der Waals surface area contributed by atoms with Gasteiger partial charge >= 0.3 is 6.03 Å². The average molecular weight is 317 g/mol. The molecule has 6 nitrogen and oxygen atoms in total. The van der Waals surface area contributed by atoms with E-state index in [1.54, 1.807) is 11.0 Å². The van der Waals surface area contributed by atoms with Crippen molar-refractivity contribution >= 4 is 17.8 Å². The molecule has 4 amide bonds. The van der Waals surface area contributed by atoms with Crippen LogP contribution in [0.5, 0.6) is 0 Å². The lowest BCUT2D eigenvalue weighted by Crippen LogP contribution is -2.49. The molecular weight excluding hydrogens is 301 g/mol.